The molecule has 9 nitrogen and oxygen atoms in total. The first kappa shape index (κ1) is 22.8. The minimum atomic E-state index is -2.02. The van der Waals surface area contributed by atoms with Crippen LogP contribution in [0.25, 0.3) is 0 Å². The molecule has 2 aromatic carbocycles. The van der Waals surface area contributed by atoms with E-state index in [9.17, 15) is 29.6 Å². The first-order chi connectivity index (χ1) is 14.8. The molecule has 0 spiro atoms. The van der Waals surface area contributed by atoms with Gasteiger partial charge in [0.2, 0.25) is 6.29 Å². The van der Waals surface area contributed by atoms with Crippen LogP contribution in [-0.2, 0) is 11.3 Å². The van der Waals surface area contributed by atoms with Gasteiger partial charge in [-0.2, -0.15) is 0 Å². The number of hydrogen-bond donors (Lipinski definition) is 5. The zero-order valence-corrected chi connectivity index (χ0v) is 16.6. The second-order valence-corrected chi connectivity index (χ2v) is 6.95. The summed E-state index contributed by atoms with van der Waals surface area (Å²) >= 11 is 0. The van der Waals surface area contributed by atoms with Crippen LogP contribution >= 0.6 is 0 Å². The molecule has 1 amide bonds. The van der Waals surface area contributed by atoms with Crippen LogP contribution in [0.2, 0.25) is 0 Å². The molecule has 5 unspecified atom stereocenters. The summed E-state index contributed by atoms with van der Waals surface area (Å²) in [6.45, 7) is -0.603. The third-order valence-electron chi connectivity index (χ3n) is 4.89. The van der Waals surface area contributed by atoms with Gasteiger partial charge in [-0.3, -0.25) is 4.79 Å². The Kier molecular flexibility index (Phi) is 7.29. The highest BCUT2D eigenvalue weighted by atomic mass is 19.1. The van der Waals surface area contributed by atoms with Gasteiger partial charge >= 0.3 is 0 Å². The van der Waals surface area contributed by atoms with E-state index in [0.29, 0.717) is 5.75 Å². The van der Waals surface area contributed by atoms with Crippen molar-refractivity contribution >= 4 is 5.91 Å². The van der Waals surface area contributed by atoms with Crippen LogP contribution < -0.4 is 14.8 Å². The highest BCUT2D eigenvalue weighted by Gasteiger charge is 2.46. The van der Waals surface area contributed by atoms with Crippen molar-refractivity contribution in [3.8, 4) is 17.2 Å². The molecule has 0 bridgehead atoms. The van der Waals surface area contributed by atoms with Crippen molar-refractivity contribution in [2.45, 2.75) is 37.3 Å². The van der Waals surface area contributed by atoms with Crippen molar-refractivity contribution in [3.63, 3.8) is 0 Å². The van der Waals surface area contributed by atoms with Gasteiger partial charge in [0, 0.05) is 6.54 Å². The number of benzene rings is 2. The molecule has 0 saturated carbocycles. The number of hydrogen-bond acceptors (Lipinski definition) is 8. The fourth-order valence-corrected chi connectivity index (χ4v) is 3.12. The molecular weight excluding hydrogens is 413 g/mol. The number of amides is 1. The number of alkyl halides is 1. The lowest BCUT2D eigenvalue weighted by molar-refractivity contribution is -0.265. The SMILES string of the molecule is COc1ccc(CNC(=O)c2c(O)cccc2OC2OC(CO)C(F)C(O)C2O)cc1. The molecule has 1 aliphatic heterocycles. The molecule has 2 aromatic rings. The molecule has 168 valence electrons. The Morgan fingerprint density at radius 3 is 2.52 bits per heavy atom. The van der Waals surface area contributed by atoms with Crippen molar-refractivity contribution in [1.82, 2.24) is 5.32 Å². The van der Waals surface area contributed by atoms with Crippen molar-refractivity contribution in [3.05, 3.63) is 53.6 Å². The Morgan fingerprint density at radius 1 is 1.16 bits per heavy atom. The number of aliphatic hydroxyl groups is 3. The summed E-state index contributed by atoms with van der Waals surface area (Å²) in [7, 11) is 1.54. The maximum Gasteiger partial charge on any atom is 0.259 e. The number of rotatable bonds is 7. The number of carbonyl (C=O) groups excluding carboxylic acids is 1. The normalized spacial score (nSPS) is 25.6. The molecule has 5 atom stereocenters. The number of nitrogens with one attached hydrogen (secondary N) is 1. The Balaban J connectivity index is 1.75. The van der Waals surface area contributed by atoms with Gasteiger partial charge in [0.05, 0.1) is 13.7 Å². The summed E-state index contributed by atoms with van der Waals surface area (Å²) < 4.78 is 29.7. The van der Waals surface area contributed by atoms with Crippen molar-refractivity contribution in [1.29, 1.82) is 0 Å². The Hall–Kier alpha value is -2.92. The molecule has 1 heterocycles. The lowest BCUT2D eigenvalue weighted by Gasteiger charge is -2.38. The van der Waals surface area contributed by atoms with Crippen LogP contribution in [0.4, 0.5) is 4.39 Å². The van der Waals surface area contributed by atoms with E-state index in [0.717, 1.165) is 5.56 Å². The number of phenols is 1. The molecule has 3 rings (SSSR count). The lowest BCUT2D eigenvalue weighted by Crippen LogP contribution is -2.58. The standard InChI is InChI=1S/C21H24FNO8/c1-29-12-7-5-11(6-8-12)9-23-20(28)16-13(25)3-2-4-14(16)30-21-19(27)18(26)17(22)15(10-24)31-21/h2-8,15,17-19,21,24-27H,9-10H2,1H3,(H,23,28). The van der Waals surface area contributed by atoms with E-state index in [1.54, 1.807) is 31.4 Å². The van der Waals surface area contributed by atoms with Gasteiger partial charge in [-0.15, -0.1) is 0 Å². The number of methoxy groups -OCH3 is 1. The molecular formula is C21H24FNO8. The van der Waals surface area contributed by atoms with Gasteiger partial charge in [0.15, 0.2) is 6.17 Å². The zero-order valence-electron chi connectivity index (χ0n) is 16.6. The first-order valence-corrected chi connectivity index (χ1v) is 9.52. The quantitative estimate of drug-likeness (QED) is 0.422. The smallest absolute Gasteiger partial charge is 0.259 e. The molecule has 0 aromatic heterocycles. The minimum absolute atomic E-state index is 0.147. The van der Waals surface area contributed by atoms with Gasteiger partial charge in [-0.1, -0.05) is 18.2 Å². The first-order valence-electron chi connectivity index (χ1n) is 9.52. The number of phenolic OH excluding ortho intramolecular Hbond substituents is 1. The summed E-state index contributed by atoms with van der Waals surface area (Å²) in [6, 6.07) is 11.0. The summed E-state index contributed by atoms with van der Waals surface area (Å²) in [4.78, 5) is 12.7. The summed E-state index contributed by atoms with van der Waals surface area (Å²) in [6.07, 6.45) is -8.66. The molecule has 5 N–H and O–H groups in total. The second-order valence-electron chi connectivity index (χ2n) is 6.95. The van der Waals surface area contributed by atoms with Gasteiger partial charge in [-0.25, -0.2) is 4.39 Å². The fraction of sp³-hybridized carbons (Fsp3) is 0.381. The average molecular weight is 437 g/mol. The van der Waals surface area contributed by atoms with Crippen LogP contribution in [0.5, 0.6) is 17.2 Å². The van der Waals surface area contributed by atoms with Crippen LogP contribution in [0.3, 0.4) is 0 Å². The van der Waals surface area contributed by atoms with Crippen molar-refractivity contribution in [2.75, 3.05) is 13.7 Å². The topological polar surface area (TPSA) is 138 Å². The van der Waals surface area contributed by atoms with E-state index in [1.807, 2.05) is 0 Å². The Labute approximate surface area is 177 Å². The van der Waals surface area contributed by atoms with E-state index < -0.39 is 49.0 Å². The number of aromatic hydroxyl groups is 1. The molecule has 10 heteroatoms. The third kappa shape index (κ3) is 5.05. The largest absolute Gasteiger partial charge is 0.507 e. The predicted octanol–water partition coefficient (Wildman–Crippen LogP) is 0.487. The third-order valence-corrected chi connectivity index (χ3v) is 4.89. The molecule has 1 fully saturated rings. The number of ether oxygens (including phenoxy) is 3. The van der Waals surface area contributed by atoms with Crippen LogP contribution in [0, 0.1) is 0 Å². The maximum absolute atomic E-state index is 13.9. The monoisotopic (exact) mass is 437 g/mol. The van der Waals surface area contributed by atoms with E-state index in [1.165, 1.54) is 18.2 Å². The van der Waals surface area contributed by atoms with Gasteiger partial charge in [0.1, 0.15) is 41.1 Å². The number of halogens is 1. The van der Waals surface area contributed by atoms with Crippen molar-refractivity contribution in [2.24, 2.45) is 0 Å². The summed E-state index contributed by atoms with van der Waals surface area (Å²) in [5.74, 6) is -0.552. The van der Waals surface area contributed by atoms with Crippen molar-refractivity contribution < 1.29 is 43.8 Å². The van der Waals surface area contributed by atoms with E-state index in [4.69, 9.17) is 14.2 Å². The van der Waals surface area contributed by atoms with Gasteiger partial charge in [0.25, 0.3) is 5.91 Å². The Morgan fingerprint density at radius 2 is 1.87 bits per heavy atom. The van der Waals surface area contributed by atoms with Crippen LogP contribution in [-0.4, -0.2) is 70.8 Å². The van der Waals surface area contributed by atoms with Crippen LogP contribution in [0.1, 0.15) is 15.9 Å². The average Bonchev–Trinajstić information content (AvgIpc) is 2.78. The molecule has 31 heavy (non-hydrogen) atoms. The minimum Gasteiger partial charge on any atom is -0.507 e. The zero-order chi connectivity index (χ0) is 22.5. The van der Waals surface area contributed by atoms with Gasteiger partial charge in [-0.05, 0) is 29.8 Å². The molecule has 1 saturated heterocycles. The second kappa shape index (κ2) is 9.92. The fourth-order valence-electron chi connectivity index (χ4n) is 3.12. The number of carbonyl (C=O) groups is 1. The van der Waals surface area contributed by atoms with Gasteiger partial charge < -0.3 is 40.0 Å². The molecule has 1 aliphatic rings. The molecule has 0 radical (unpaired) electrons. The van der Waals surface area contributed by atoms with E-state index in [2.05, 4.69) is 5.32 Å². The predicted molar refractivity (Wildman–Crippen MR) is 106 cm³/mol. The lowest BCUT2D eigenvalue weighted by atomic mass is 10.0. The molecule has 0 aliphatic carbocycles. The van der Waals surface area contributed by atoms with E-state index >= 15 is 0 Å². The summed E-state index contributed by atoms with van der Waals surface area (Å²) in [5, 5.41) is 42.0. The highest BCUT2D eigenvalue weighted by molar-refractivity contribution is 5.99. The van der Waals surface area contributed by atoms with Crippen LogP contribution in [0.15, 0.2) is 42.5 Å². The summed E-state index contributed by atoms with van der Waals surface area (Å²) in [5.41, 5.74) is 0.546. The maximum atomic E-state index is 13.9. The number of aliphatic hydroxyl groups excluding tert-OH is 3. The highest BCUT2D eigenvalue weighted by Crippen LogP contribution is 2.31. The Bertz CT molecular complexity index is 891. The van der Waals surface area contributed by atoms with E-state index in [-0.39, 0.29) is 17.9 Å².